The molecule has 1 saturated carbocycles. The van der Waals surface area contributed by atoms with Crippen LogP contribution >= 0.6 is 0 Å². The summed E-state index contributed by atoms with van der Waals surface area (Å²) in [6.07, 6.45) is 2.55. The average Bonchev–Trinajstić information content (AvgIpc) is 2.59. The molecule has 2 N–H and O–H groups in total. The normalized spacial score (nSPS) is 26.1. The van der Waals surface area contributed by atoms with Crippen LogP contribution in [0.15, 0.2) is 0 Å². The fourth-order valence-electron chi connectivity index (χ4n) is 2.05. The third-order valence-electron chi connectivity index (χ3n) is 3.48. The van der Waals surface area contributed by atoms with E-state index in [0.29, 0.717) is 6.42 Å². The van der Waals surface area contributed by atoms with Gasteiger partial charge < -0.3 is 5.73 Å². The topological polar surface area (TPSA) is 77.2 Å². The zero-order chi connectivity index (χ0) is 13.3. The summed E-state index contributed by atoms with van der Waals surface area (Å²) in [4.78, 5) is 11.8. The van der Waals surface area contributed by atoms with Crippen molar-refractivity contribution in [1.29, 1.82) is 0 Å². The van der Waals surface area contributed by atoms with Gasteiger partial charge in [-0.25, -0.2) is 8.42 Å². The highest BCUT2D eigenvalue weighted by atomic mass is 32.2. The number of hydrogen-bond donors (Lipinski definition) is 1. The van der Waals surface area contributed by atoms with E-state index in [2.05, 4.69) is 0 Å². The van der Waals surface area contributed by atoms with Gasteiger partial charge in [0.25, 0.3) is 0 Å². The van der Waals surface area contributed by atoms with E-state index in [1.165, 1.54) is 0 Å². The Hall–Kier alpha value is -0.420. The van der Waals surface area contributed by atoms with Crippen molar-refractivity contribution < 1.29 is 13.2 Å². The minimum Gasteiger partial charge on any atom is -0.328 e. The Bertz CT molecular complexity index is 381. The summed E-state index contributed by atoms with van der Waals surface area (Å²) in [7, 11) is -3.19. The van der Waals surface area contributed by atoms with Crippen LogP contribution in [0.5, 0.6) is 0 Å². The molecule has 0 saturated heterocycles. The van der Waals surface area contributed by atoms with Gasteiger partial charge in [0.2, 0.25) is 0 Å². The molecule has 1 aliphatic carbocycles. The summed E-state index contributed by atoms with van der Waals surface area (Å²) in [6, 6.07) is 0.114. The maximum absolute atomic E-state index is 11.9. The minimum atomic E-state index is -3.19. The van der Waals surface area contributed by atoms with E-state index in [0.717, 1.165) is 12.8 Å². The van der Waals surface area contributed by atoms with Crippen molar-refractivity contribution in [3.05, 3.63) is 0 Å². The monoisotopic (exact) mass is 261 g/mol. The van der Waals surface area contributed by atoms with Crippen LogP contribution < -0.4 is 5.73 Å². The van der Waals surface area contributed by atoms with Crippen molar-refractivity contribution in [1.82, 2.24) is 0 Å². The molecule has 0 spiro atoms. The second kappa shape index (κ2) is 5.06. The Morgan fingerprint density at radius 1 is 1.29 bits per heavy atom. The molecule has 100 valence electrons. The van der Waals surface area contributed by atoms with Gasteiger partial charge in [-0.15, -0.1) is 0 Å². The molecule has 0 aromatic carbocycles. The van der Waals surface area contributed by atoms with Gasteiger partial charge in [-0.3, -0.25) is 4.79 Å². The van der Waals surface area contributed by atoms with E-state index in [1.54, 1.807) is 20.8 Å². The third kappa shape index (κ3) is 3.78. The summed E-state index contributed by atoms with van der Waals surface area (Å²) in [5.41, 5.74) is 5.74. The van der Waals surface area contributed by atoms with Gasteiger partial charge in [-0.05, 0) is 40.0 Å². The summed E-state index contributed by atoms with van der Waals surface area (Å²) in [6.45, 7) is 4.99. The summed E-state index contributed by atoms with van der Waals surface area (Å²) in [5.74, 6) is 0.00657. The summed E-state index contributed by atoms with van der Waals surface area (Å²) < 4.78 is 22.9. The molecule has 17 heavy (non-hydrogen) atoms. The van der Waals surface area contributed by atoms with Crippen LogP contribution in [-0.4, -0.2) is 30.7 Å². The van der Waals surface area contributed by atoms with Crippen LogP contribution in [0.4, 0.5) is 0 Å². The first kappa shape index (κ1) is 14.6. The van der Waals surface area contributed by atoms with Crippen LogP contribution in [0, 0.1) is 5.92 Å². The molecule has 0 aromatic heterocycles. The van der Waals surface area contributed by atoms with Crippen molar-refractivity contribution >= 4 is 15.6 Å². The summed E-state index contributed by atoms with van der Waals surface area (Å²) in [5, 5.41) is 0. The van der Waals surface area contributed by atoms with Gasteiger partial charge in [0.05, 0.1) is 10.5 Å². The Labute approximate surface area is 104 Å². The van der Waals surface area contributed by atoms with Gasteiger partial charge >= 0.3 is 0 Å². The number of hydrogen-bond acceptors (Lipinski definition) is 4. The maximum atomic E-state index is 11.9. The maximum Gasteiger partial charge on any atom is 0.155 e. The Kier molecular flexibility index (Phi) is 4.36. The molecular weight excluding hydrogens is 238 g/mol. The third-order valence-corrected chi connectivity index (χ3v) is 6.09. The number of sulfone groups is 1. The van der Waals surface area contributed by atoms with E-state index in [-0.39, 0.29) is 29.9 Å². The van der Waals surface area contributed by atoms with Gasteiger partial charge in [-0.1, -0.05) is 0 Å². The lowest BCUT2D eigenvalue weighted by atomic mass is 10.0. The Balaban J connectivity index is 2.49. The van der Waals surface area contributed by atoms with Crippen molar-refractivity contribution in [3.8, 4) is 0 Å². The Morgan fingerprint density at radius 2 is 1.88 bits per heavy atom. The second-order valence-corrected chi connectivity index (χ2v) is 8.78. The van der Waals surface area contributed by atoms with Crippen molar-refractivity contribution in [3.63, 3.8) is 0 Å². The highest BCUT2D eigenvalue weighted by molar-refractivity contribution is 7.92. The molecule has 0 aromatic rings. The van der Waals surface area contributed by atoms with Crippen molar-refractivity contribution in [2.75, 3.05) is 5.75 Å². The van der Waals surface area contributed by atoms with Gasteiger partial charge in [0.15, 0.2) is 9.84 Å². The van der Waals surface area contributed by atoms with E-state index in [9.17, 15) is 13.2 Å². The van der Waals surface area contributed by atoms with Crippen LogP contribution in [0.2, 0.25) is 0 Å². The van der Waals surface area contributed by atoms with E-state index >= 15 is 0 Å². The molecule has 1 rings (SSSR count). The van der Waals surface area contributed by atoms with Crippen LogP contribution in [0.25, 0.3) is 0 Å². The first-order chi connectivity index (χ1) is 7.63. The zero-order valence-corrected chi connectivity index (χ0v) is 11.7. The Morgan fingerprint density at radius 3 is 2.29 bits per heavy atom. The van der Waals surface area contributed by atoms with E-state index < -0.39 is 14.6 Å². The second-order valence-electron chi connectivity index (χ2n) is 5.92. The molecule has 0 amide bonds. The minimum absolute atomic E-state index is 0.0137. The number of carbonyl (C=O) groups excluding carboxylic acids is 1. The molecule has 0 heterocycles. The highest BCUT2D eigenvalue weighted by Gasteiger charge is 2.32. The van der Waals surface area contributed by atoms with E-state index in [1.807, 2.05) is 0 Å². The zero-order valence-electron chi connectivity index (χ0n) is 10.9. The lowest BCUT2D eigenvalue weighted by Crippen LogP contribution is -2.32. The van der Waals surface area contributed by atoms with Gasteiger partial charge in [-0.2, -0.15) is 0 Å². The quantitative estimate of drug-likeness (QED) is 0.827. The van der Waals surface area contributed by atoms with E-state index in [4.69, 9.17) is 5.73 Å². The van der Waals surface area contributed by atoms with Crippen molar-refractivity contribution in [2.45, 2.75) is 57.2 Å². The first-order valence-electron chi connectivity index (χ1n) is 6.14. The molecule has 5 heteroatoms. The molecule has 2 atom stereocenters. The number of ketones is 1. The number of carbonyl (C=O) groups is 1. The number of rotatable bonds is 4. The van der Waals surface area contributed by atoms with Crippen LogP contribution in [0.3, 0.4) is 0 Å². The molecule has 0 bridgehead atoms. The summed E-state index contributed by atoms with van der Waals surface area (Å²) >= 11 is 0. The fraction of sp³-hybridized carbons (Fsp3) is 0.917. The predicted molar refractivity (Wildman–Crippen MR) is 68.5 cm³/mol. The highest BCUT2D eigenvalue weighted by Crippen LogP contribution is 2.26. The lowest BCUT2D eigenvalue weighted by molar-refractivity contribution is -0.122. The van der Waals surface area contributed by atoms with Crippen LogP contribution in [-0.2, 0) is 14.6 Å². The number of nitrogens with two attached hydrogens (primary N) is 1. The van der Waals surface area contributed by atoms with Gasteiger partial charge in [0, 0.05) is 18.4 Å². The average molecular weight is 261 g/mol. The molecule has 0 aliphatic heterocycles. The molecule has 1 aliphatic rings. The predicted octanol–water partition coefficient (Wildman–Crippen LogP) is 1.29. The fourth-order valence-corrected chi connectivity index (χ4v) is 3.14. The van der Waals surface area contributed by atoms with Crippen LogP contribution in [0.1, 0.15) is 46.5 Å². The number of Topliss-reactive ketones (excluding diaryl/α,β-unsaturated/α-hetero) is 1. The molecule has 2 unspecified atom stereocenters. The standard InChI is InChI=1S/C12H23NO3S/c1-12(2,3)17(15,16)7-6-11(14)9-4-5-10(13)8-9/h9-10H,4-8,13H2,1-3H3. The molecule has 4 nitrogen and oxygen atoms in total. The smallest absolute Gasteiger partial charge is 0.155 e. The molecular formula is C12H23NO3S. The lowest BCUT2D eigenvalue weighted by Gasteiger charge is -2.19. The molecule has 1 fully saturated rings. The van der Waals surface area contributed by atoms with Gasteiger partial charge in [0.1, 0.15) is 5.78 Å². The first-order valence-corrected chi connectivity index (χ1v) is 7.79. The SMILES string of the molecule is CC(C)(C)S(=O)(=O)CCC(=O)C1CCC(N)C1. The largest absolute Gasteiger partial charge is 0.328 e. The van der Waals surface area contributed by atoms with Crippen molar-refractivity contribution in [2.24, 2.45) is 11.7 Å². The molecule has 0 radical (unpaired) electrons.